The van der Waals surface area contributed by atoms with E-state index < -0.39 is 0 Å². The summed E-state index contributed by atoms with van der Waals surface area (Å²) >= 11 is 0. The van der Waals surface area contributed by atoms with Crippen molar-refractivity contribution in [1.82, 2.24) is 25.3 Å². The first-order valence-corrected chi connectivity index (χ1v) is 10.5. The van der Waals surface area contributed by atoms with Crippen LogP contribution in [0.15, 0.2) is 35.1 Å². The molecule has 158 valence electrons. The first-order valence-electron chi connectivity index (χ1n) is 10.5. The molecular weight excluding hydrogens is 380 g/mol. The van der Waals surface area contributed by atoms with Crippen LogP contribution in [0.5, 0.6) is 0 Å². The highest BCUT2D eigenvalue weighted by molar-refractivity contribution is 5.97. The maximum absolute atomic E-state index is 12.7. The number of anilines is 1. The van der Waals surface area contributed by atoms with E-state index in [0.717, 1.165) is 55.2 Å². The molecule has 0 spiro atoms. The van der Waals surface area contributed by atoms with Crippen molar-refractivity contribution in [2.24, 2.45) is 0 Å². The highest BCUT2D eigenvalue weighted by atomic mass is 16.5. The molecule has 1 N–H and O–H groups in total. The monoisotopic (exact) mass is 408 g/mol. The Labute approximate surface area is 176 Å². The number of likely N-dealkylation sites (N-methyl/N-ethyl adjacent to an activating group) is 1. The molecule has 4 rings (SSSR count). The molecule has 30 heavy (non-hydrogen) atoms. The molecule has 0 saturated carbocycles. The van der Waals surface area contributed by atoms with E-state index in [1.54, 1.807) is 6.07 Å². The zero-order valence-corrected chi connectivity index (χ0v) is 17.8. The minimum atomic E-state index is -0.171. The SMILES string of the molecule is CCN1CCN(c2cc(CNC(=O)c3cnc4onc(C(C)C)c4c3)ccn2)CC1. The second kappa shape index (κ2) is 8.79. The predicted octanol–water partition coefficient (Wildman–Crippen LogP) is 2.81. The number of rotatable bonds is 6. The minimum absolute atomic E-state index is 0.171. The molecule has 0 unspecified atom stereocenters. The highest BCUT2D eigenvalue weighted by Gasteiger charge is 2.18. The van der Waals surface area contributed by atoms with Crippen LogP contribution >= 0.6 is 0 Å². The van der Waals surface area contributed by atoms with Crippen LogP contribution in [0.3, 0.4) is 0 Å². The van der Waals surface area contributed by atoms with Crippen LogP contribution in [0.4, 0.5) is 5.82 Å². The minimum Gasteiger partial charge on any atom is -0.354 e. The third-order valence-electron chi connectivity index (χ3n) is 5.57. The van der Waals surface area contributed by atoms with E-state index in [0.29, 0.717) is 17.8 Å². The molecule has 0 atom stereocenters. The number of hydrogen-bond donors (Lipinski definition) is 1. The molecule has 0 bridgehead atoms. The van der Waals surface area contributed by atoms with Crippen LogP contribution in [0, 0.1) is 0 Å². The Morgan fingerprint density at radius 1 is 1.20 bits per heavy atom. The number of nitrogens with one attached hydrogen (secondary N) is 1. The number of amides is 1. The number of carbonyl (C=O) groups is 1. The average molecular weight is 409 g/mol. The van der Waals surface area contributed by atoms with Gasteiger partial charge in [-0.05, 0) is 36.2 Å². The molecule has 0 aliphatic carbocycles. The van der Waals surface area contributed by atoms with Gasteiger partial charge >= 0.3 is 0 Å². The quantitative estimate of drug-likeness (QED) is 0.671. The van der Waals surface area contributed by atoms with E-state index in [9.17, 15) is 4.79 Å². The highest BCUT2D eigenvalue weighted by Crippen LogP contribution is 2.24. The summed E-state index contributed by atoms with van der Waals surface area (Å²) in [7, 11) is 0. The molecule has 3 aromatic heterocycles. The van der Waals surface area contributed by atoms with Gasteiger partial charge in [0.2, 0.25) is 0 Å². The van der Waals surface area contributed by atoms with Gasteiger partial charge in [-0.1, -0.05) is 25.9 Å². The lowest BCUT2D eigenvalue weighted by Crippen LogP contribution is -2.46. The molecule has 1 amide bonds. The number of hydrogen-bond acceptors (Lipinski definition) is 7. The normalized spacial score (nSPS) is 15.1. The Morgan fingerprint density at radius 3 is 2.73 bits per heavy atom. The number of piperazine rings is 1. The van der Waals surface area contributed by atoms with Gasteiger partial charge in [0.25, 0.3) is 11.6 Å². The van der Waals surface area contributed by atoms with Gasteiger partial charge in [0, 0.05) is 45.1 Å². The predicted molar refractivity (Wildman–Crippen MR) is 116 cm³/mol. The fourth-order valence-corrected chi connectivity index (χ4v) is 3.71. The number of aromatic nitrogens is 3. The summed E-state index contributed by atoms with van der Waals surface area (Å²) in [6.45, 7) is 11.8. The molecule has 1 fully saturated rings. The van der Waals surface area contributed by atoms with Gasteiger partial charge in [-0.15, -0.1) is 0 Å². The van der Waals surface area contributed by atoms with Crippen molar-refractivity contribution in [2.75, 3.05) is 37.6 Å². The van der Waals surface area contributed by atoms with Gasteiger partial charge in [-0.3, -0.25) is 4.79 Å². The Hall–Kier alpha value is -3.00. The first-order chi connectivity index (χ1) is 14.5. The van der Waals surface area contributed by atoms with Crippen molar-refractivity contribution in [2.45, 2.75) is 33.2 Å². The third-order valence-corrected chi connectivity index (χ3v) is 5.57. The molecule has 1 aliphatic rings. The summed E-state index contributed by atoms with van der Waals surface area (Å²) in [6.07, 6.45) is 3.33. The molecule has 1 aliphatic heterocycles. The summed E-state index contributed by atoms with van der Waals surface area (Å²) in [4.78, 5) is 26.2. The maximum Gasteiger partial charge on any atom is 0.257 e. The Balaban J connectivity index is 1.42. The molecule has 0 aromatic carbocycles. The van der Waals surface area contributed by atoms with E-state index in [2.05, 4.69) is 43.2 Å². The van der Waals surface area contributed by atoms with Crippen molar-refractivity contribution in [1.29, 1.82) is 0 Å². The van der Waals surface area contributed by atoms with Gasteiger partial charge in [-0.2, -0.15) is 0 Å². The number of nitrogens with zero attached hydrogens (tertiary/aromatic N) is 5. The van der Waals surface area contributed by atoms with Crippen LogP contribution in [0.25, 0.3) is 11.1 Å². The summed E-state index contributed by atoms with van der Waals surface area (Å²) < 4.78 is 5.25. The molecule has 0 radical (unpaired) electrons. The van der Waals surface area contributed by atoms with Gasteiger partial charge in [-0.25, -0.2) is 9.97 Å². The summed E-state index contributed by atoms with van der Waals surface area (Å²) in [5.74, 6) is 0.989. The number of fused-ring (bicyclic) bond motifs is 1. The molecule has 4 heterocycles. The average Bonchev–Trinajstić information content (AvgIpc) is 3.21. The van der Waals surface area contributed by atoms with Crippen molar-refractivity contribution in [3.8, 4) is 0 Å². The smallest absolute Gasteiger partial charge is 0.257 e. The van der Waals surface area contributed by atoms with E-state index >= 15 is 0 Å². The van der Waals surface area contributed by atoms with Crippen LogP contribution in [-0.4, -0.2) is 58.7 Å². The Morgan fingerprint density at radius 2 is 2.00 bits per heavy atom. The fraction of sp³-hybridized carbons (Fsp3) is 0.455. The van der Waals surface area contributed by atoms with Gasteiger partial charge < -0.3 is 19.6 Å². The largest absolute Gasteiger partial charge is 0.354 e. The first kappa shape index (κ1) is 20.3. The molecular formula is C22H28N6O2. The number of pyridine rings is 2. The standard InChI is InChI=1S/C22H28N6O2/c1-4-27-7-9-28(10-8-27)19-11-16(5-6-23-19)13-24-21(29)17-12-18-20(15(2)3)26-30-22(18)25-14-17/h5-6,11-12,14-15H,4,7-10,13H2,1-3H3,(H,24,29). The van der Waals surface area contributed by atoms with Crippen molar-refractivity contribution < 1.29 is 9.32 Å². The van der Waals surface area contributed by atoms with E-state index in [-0.39, 0.29) is 11.8 Å². The lowest BCUT2D eigenvalue weighted by Gasteiger charge is -2.34. The molecule has 8 heteroatoms. The van der Waals surface area contributed by atoms with Crippen molar-refractivity contribution in [3.63, 3.8) is 0 Å². The summed E-state index contributed by atoms with van der Waals surface area (Å²) in [5.41, 5.74) is 2.79. The lowest BCUT2D eigenvalue weighted by molar-refractivity contribution is 0.0950. The zero-order chi connectivity index (χ0) is 21.1. The van der Waals surface area contributed by atoms with Crippen LogP contribution in [0.1, 0.15) is 48.3 Å². The van der Waals surface area contributed by atoms with Gasteiger partial charge in [0.1, 0.15) is 5.82 Å². The summed E-state index contributed by atoms with van der Waals surface area (Å²) in [6, 6.07) is 5.79. The zero-order valence-electron chi connectivity index (χ0n) is 17.8. The van der Waals surface area contributed by atoms with Crippen LogP contribution in [0.2, 0.25) is 0 Å². The third kappa shape index (κ3) is 4.28. The number of carbonyl (C=O) groups excluding carboxylic acids is 1. The lowest BCUT2D eigenvalue weighted by atomic mass is 10.1. The summed E-state index contributed by atoms with van der Waals surface area (Å²) in [5, 5.41) is 7.84. The van der Waals surface area contributed by atoms with Crippen LogP contribution < -0.4 is 10.2 Å². The van der Waals surface area contributed by atoms with Crippen LogP contribution in [-0.2, 0) is 6.54 Å². The maximum atomic E-state index is 12.7. The Kier molecular flexibility index (Phi) is 5.94. The fourth-order valence-electron chi connectivity index (χ4n) is 3.71. The molecule has 1 saturated heterocycles. The topological polar surface area (TPSA) is 87.4 Å². The van der Waals surface area contributed by atoms with E-state index in [4.69, 9.17) is 4.52 Å². The second-order valence-corrected chi connectivity index (χ2v) is 7.93. The molecule has 8 nitrogen and oxygen atoms in total. The Bertz CT molecular complexity index is 1020. The van der Waals surface area contributed by atoms with Crippen molar-refractivity contribution >= 4 is 22.8 Å². The van der Waals surface area contributed by atoms with Crippen molar-refractivity contribution in [3.05, 3.63) is 47.4 Å². The van der Waals surface area contributed by atoms with Gasteiger partial charge in [0.05, 0.1) is 16.6 Å². The molecule has 3 aromatic rings. The van der Waals surface area contributed by atoms with Gasteiger partial charge in [0.15, 0.2) is 0 Å². The second-order valence-electron chi connectivity index (χ2n) is 7.93. The van der Waals surface area contributed by atoms with E-state index in [1.165, 1.54) is 6.20 Å². The van der Waals surface area contributed by atoms with E-state index in [1.807, 2.05) is 26.1 Å².